The van der Waals surface area contributed by atoms with Crippen LogP contribution in [-0.4, -0.2) is 6.04 Å². The fourth-order valence-corrected chi connectivity index (χ4v) is 2.48. The second-order valence-electron chi connectivity index (χ2n) is 3.93. The van der Waals surface area contributed by atoms with Crippen LogP contribution in [0.2, 0.25) is 0 Å². The third-order valence-corrected chi connectivity index (χ3v) is 3.64. The molecule has 2 aliphatic carbocycles. The highest BCUT2D eigenvalue weighted by Crippen LogP contribution is 2.56. The van der Waals surface area contributed by atoms with Crippen LogP contribution in [0.15, 0.2) is 0 Å². The van der Waals surface area contributed by atoms with E-state index in [-0.39, 0.29) is 0 Å². The molecule has 9 heavy (non-hydrogen) atoms. The lowest BCUT2D eigenvalue weighted by Gasteiger charge is -2.44. The smallest absolute Gasteiger partial charge is 0.00956 e. The Morgan fingerprint density at radius 3 is 2.33 bits per heavy atom. The molecule has 0 radical (unpaired) electrons. The second-order valence-corrected chi connectivity index (χ2v) is 3.93. The third kappa shape index (κ3) is 0.536. The van der Waals surface area contributed by atoms with Crippen LogP contribution in [0.25, 0.3) is 0 Å². The van der Waals surface area contributed by atoms with Gasteiger partial charge >= 0.3 is 0 Å². The molecule has 1 heteroatoms. The molecule has 2 fully saturated rings. The van der Waals surface area contributed by atoms with Gasteiger partial charge in [0.15, 0.2) is 0 Å². The predicted molar refractivity (Wildman–Crippen MR) is 38.0 cm³/mol. The molecule has 0 aliphatic heterocycles. The first-order valence-corrected chi connectivity index (χ1v) is 3.99. The van der Waals surface area contributed by atoms with Gasteiger partial charge in [0, 0.05) is 6.04 Å². The summed E-state index contributed by atoms with van der Waals surface area (Å²) in [5.41, 5.74) is 6.52. The largest absolute Gasteiger partial charge is 0.327 e. The fraction of sp³-hybridized carbons (Fsp3) is 1.00. The van der Waals surface area contributed by atoms with Gasteiger partial charge in [-0.15, -0.1) is 0 Å². The van der Waals surface area contributed by atoms with E-state index < -0.39 is 0 Å². The summed E-state index contributed by atoms with van der Waals surface area (Å²) in [7, 11) is 0. The Bertz CT molecular complexity index is 125. The van der Waals surface area contributed by atoms with Crippen molar-refractivity contribution < 1.29 is 0 Å². The maximum atomic E-state index is 5.95. The first-order valence-electron chi connectivity index (χ1n) is 3.99. The quantitative estimate of drug-likeness (QED) is 0.522. The minimum Gasteiger partial charge on any atom is -0.327 e. The molecule has 52 valence electrons. The number of hydrogen-bond acceptors (Lipinski definition) is 1. The van der Waals surface area contributed by atoms with Crippen LogP contribution in [0.5, 0.6) is 0 Å². The summed E-state index contributed by atoms with van der Waals surface area (Å²) < 4.78 is 0. The van der Waals surface area contributed by atoms with Gasteiger partial charge in [0.1, 0.15) is 0 Å². The van der Waals surface area contributed by atoms with Crippen molar-refractivity contribution >= 4 is 0 Å². The molecule has 0 aromatic heterocycles. The zero-order chi connectivity index (χ0) is 6.48. The summed E-state index contributed by atoms with van der Waals surface area (Å²) in [5.74, 6) is 0.993. The first kappa shape index (κ1) is 5.72. The molecule has 2 aliphatic rings. The fourth-order valence-electron chi connectivity index (χ4n) is 2.48. The van der Waals surface area contributed by atoms with Crippen molar-refractivity contribution in [1.82, 2.24) is 0 Å². The normalized spacial score (nSPS) is 56.7. The van der Waals surface area contributed by atoms with Crippen LogP contribution in [0.3, 0.4) is 0 Å². The zero-order valence-electron chi connectivity index (χ0n) is 6.06. The molecule has 1 nitrogen and oxygen atoms in total. The van der Waals surface area contributed by atoms with E-state index in [2.05, 4.69) is 6.92 Å². The number of fused-ring (bicyclic) bond motifs is 1. The van der Waals surface area contributed by atoms with Gasteiger partial charge in [0.2, 0.25) is 0 Å². The predicted octanol–water partition coefficient (Wildman–Crippen LogP) is 1.52. The Morgan fingerprint density at radius 1 is 1.33 bits per heavy atom. The van der Waals surface area contributed by atoms with E-state index in [0.29, 0.717) is 11.5 Å². The summed E-state index contributed by atoms with van der Waals surface area (Å²) in [6.45, 7) is 2.36. The molecule has 3 atom stereocenters. The number of rotatable bonds is 0. The van der Waals surface area contributed by atoms with Crippen molar-refractivity contribution in [3.63, 3.8) is 0 Å². The highest BCUT2D eigenvalue weighted by Gasteiger charge is 2.50. The van der Waals surface area contributed by atoms with Crippen LogP contribution >= 0.6 is 0 Å². The van der Waals surface area contributed by atoms with Crippen molar-refractivity contribution in [2.24, 2.45) is 17.1 Å². The van der Waals surface area contributed by atoms with Gasteiger partial charge in [-0.3, -0.25) is 0 Å². The zero-order valence-corrected chi connectivity index (χ0v) is 6.06. The molecule has 2 rings (SSSR count). The Kier molecular flexibility index (Phi) is 0.963. The molecule has 0 heterocycles. The van der Waals surface area contributed by atoms with Gasteiger partial charge in [-0.1, -0.05) is 6.92 Å². The van der Waals surface area contributed by atoms with E-state index in [0.717, 1.165) is 5.92 Å². The average Bonchev–Trinajstić information content (AvgIpc) is 1.96. The van der Waals surface area contributed by atoms with Gasteiger partial charge in [0.25, 0.3) is 0 Å². The standard InChI is InChI=1S/C8H15N/c1-8-5-4-6(8)2-3-7(8)9/h6-7H,2-5,9H2,1H3/t6-,7-,8+/m1/s1. The van der Waals surface area contributed by atoms with Gasteiger partial charge in [-0.25, -0.2) is 0 Å². The molecule has 0 aromatic rings. The molecule has 0 spiro atoms. The third-order valence-electron chi connectivity index (χ3n) is 3.64. The van der Waals surface area contributed by atoms with Crippen LogP contribution in [0.4, 0.5) is 0 Å². The van der Waals surface area contributed by atoms with E-state index in [4.69, 9.17) is 5.73 Å². The molecular weight excluding hydrogens is 110 g/mol. The van der Waals surface area contributed by atoms with Crippen LogP contribution < -0.4 is 5.73 Å². The topological polar surface area (TPSA) is 26.0 Å². The van der Waals surface area contributed by atoms with Crippen molar-refractivity contribution in [3.8, 4) is 0 Å². The minimum absolute atomic E-state index is 0.524. The summed E-state index contributed by atoms with van der Waals surface area (Å²) in [6.07, 6.45) is 5.52. The van der Waals surface area contributed by atoms with Crippen LogP contribution in [0, 0.1) is 11.3 Å². The van der Waals surface area contributed by atoms with E-state index in [1.165, 1.54) is 25.7 Å². The minimum atomic E-state index is 0.524. The summed E-state index contributed by atoms with van der Waals surface area (Å²) >= 11 is 0. The van der Waals surface area contributed by atoms with Crippen molar-refractivity contribution in [2.75, 3.05) is 0 Å². The molecule has 2 N–H and O–H groups in total. The second kappa shape index (κ2) is 1.51. The average molecular weight is 125 g/mol. The Labute approximate surface area is 56.6 Å². The Morgan fingerprint density at radius 2 is 2.11 bits per heavy atom. The van der Waals surface area contributed by atoms with E-state index in [1.807, 2.05) is 0 Å². The van der Waals surface area contributed by atoms with Crippen molar-refractivity contribution in [2.45, 2.75) is 38.6 Å². The van der Waals surface area contributed by atoms with Crippen LogP contribution in [-0.2, 0) is 0 Å². The molecule has 0 aromatic carbocycles. The Hall–Kier alpha value is -0.0400. The highest BCUT2D eigenvalue weighted by atomic mass is 14.8. The molecule has 0 unspecified atom stereocenters. The van der Waals surface area contributed by atoms with Gasteiger partial charge < -0.3 is 5.73 Å². The highest BCUT2D eigenvalue weighted by molar-refractivity contribution is 5.04. The molecule has 0 amide bonds. The summed E-state index contributed by atoms with van der Waals surface area (Å²) in [5, 5.41) is 0. The van der Waals surface area contributed by atoms with Gasteiger partial charge in [0.05, 0.1) is 0 Å². The van der Waals surface area contributed by atoms with Gasteiger partial charge in [-0.05, 0) is 37.0 Å². The lowest BCUT2D eigenvalue weighted by molar-refractivity contribution is 0.0719. The molecule has 0 bridgehead atoms. The van der Waals surface area contributed by atoms with Crippen LogP contribution in [0.1, 0.15) is 32.6 Å². The van der Waals surface area contributed by atoms with Gasteiger partial charge in [-0.2, -0.15) is 0 Å². The van der Waals surface area contributed by atoms with E-state index >= 15 is 0 Å². The van der Waals surface area contributed by atoms with Crippen molar-refractivity contribution in [3.05, 3.63) is 0 Å². The lowest BCUT2D eigenvalue weighted by atomic mass is 9.62. The Balaban J connectivity index is 2.18. The number of hydrogen-bond donors (Lipinski definition) is 1. The monoisotopic (exact) mass is 125 g/mol. The van der Waals surface area contributed by atoms with Crippen molar-refractivity contribution in [1.29, 1.82) is 0 Å². The first-order chi connectivity index (χ1) is 4.23. The van der Waals surface area contributed by atoms with E-state index in [1.54, 1.807) is 0 Å². The van der Waals surface area contributed by atoms with E-state index in [9.17, 15) is 0 Å². The molecule has 0 saturated heterocycles. The maximum absolute atomic E-state index is 5.95. The molecular formula is C8H15N. The lowest BCUT2D eigenvalue weighted by Crippen LogP contribution is -2.44. The maximum Gasteiger partial charge on any atom is 0.00956 e. The number of nitrogens with two attached hydrogens (primary N) is 1. The summed E-state index contributed by atoms with van der Waals surface area (Å²) in [4.78, 5) is 0. The molecule has 2 saturated carbocycles. The summed E-state index contributed by atoms with van der Waals surface area (Å²) in [6, 6.07) is 0.524. The SMILES string of the molecule is C[C@]12CC[C@H]1CC[C@H]2N.